The van der Waals surface area contributed by atoms with Crippen LogP contribution < -0.4 is 0 Å². The van der Waals surface area contributed by atoms with Crippen LogP contribution in [0.4, 0.5) is 4.39 Å². The zero-order valence-electron chi connectivity index (χ0n) is 11.1. The van der Waals surface area contributed by atoms with Gasteiger partial charge in [-0.05, 0) is 13.3 Å². The number of hydrogen-bond acceptors (Lipinski definition) is 5. The molecule has 1 fully saturated rings. The lowest BCUT2D eigenvalue weighted by Gasteiger charge is -2.17. The lowest BCUT2D eigenvalue weighted by Crippen LogP contribution is -2.38. The smallest absolute Gasteiger partial charge is 0.343 e. The minimum absolute atomic E-state index is 0.140. The maximum Gasteiger partial charge on any atom is 0.343 e. The predicted molar refractivity (Wildman–Crippen MR) is 64.6 cm³/mol. The molecule has 1 aliphatic heterocycles. The van der Waals surface area contributed by atoms with E-state index >= 15 is 0 Å². The maximum absolute atomic E-state index is 13.8. The first-order valence-corrected chi connectivity index (χ1v) is 6.40. The Morgan fingerprint density at radius 2 is 2.30 bits per heavy atom. The van der Waals surface area contributed by atoms with Gasteiger partial charge in [0, 0.05) is 25.8 Å². The molecule has 7 nitrogen and oxygen atoms in total. The molecule has 1 saturated heterocycles. The first kappa shape index (κ1) is 14.4. The minimum Gasteiger partial charge on any atom is -0.479 e. The number of carbonyl (C=O) groups excluding carboxylic acids is 1. The molecule has 1 aromatic rings. The summed E-state index contributed by atoms with van der Waals surface area (Å²) in [6, 6.07) is 0. The van der Waals surface area contributed by atoms with Crippen molar-refractivity contribution >= 4 is 11.9 Å². The van der Waals surface area contributed by atoms with Gasteiger partial charge in [0.05, 0.1) is 6.54 Å². The van der Waals surface area contributed by atoms with E-state index in [4.69, 9.17) is 9.63 Å². The van der Waals surface area contributed by atoms with Crippen LogP contribution in [0.1, 0.15) is 31.0 Å². The molecule has 1 aromatic heterocycles. The molecule has 0 spiro atoms. The molecule has 0 bridgehead atoms. The number of hydrogen-bond donors (Lipinski definition) is 1. The summed E-state index contributed by atoms with van der Waals surface area (Å²) in [5.41, 5.74) is -2.31. The molecule has 1 unspecified atom stereocenters. The number of nitrogens with zero attached hydrogens (tertiary/aromatic N) is 3. The molecule has 0 aromatic carbocycles. The molecule has 1 atom stereocenters. The number of aryl methyl sites for hydroxylation is 2. The molecule has 1 aliphatic rings. The number of aliphatic carboxylic acids is 1. The Morgan fingerprint density at radius 1 is 1.55 bits per heavy atom. The topological polar surface area (TPSA) is 96.5 Å². The van der Waals surface area contributed by atoms with Crippen molar-refractivity contribution in [3.63, 3.8) is 0 Å². The number of rotatable bonds is 5. The molecular weight excluding hydrogens is 269 g/mol. The highest BCUT2D eigenvalue weighted by atomic mass is 19.1. The molecule has 20 heavy (non-hydrogen) atoms. The van der Waals surface area contributed by atoms with Crippen molar-refractivity contribution in [2.45, 2.75) is 38.3 Å². The summed E-state index contributed by atoms with van der Waals surface area (Å²) in [6.07, 6.45) is 1.03. The quantitative estimate of drug-likeness (QED) is 0.856. The van der Waals surface area contributed by atoms with Crippen molar-refractivity contribution in [1.82, 2.24) is 15.0 Å². The average Bonchev–Trinajstić information content (AvgIpc) is 2.97. The third-order valence-corrected chi connectivity index (χ3v) is 3.31. The van der Waals surface area contributed by atoms with E-state index < -0.39 is 11.6 Å². The molecule has 1 amide bonds. The number of amides is 1. The second kappa shape index (κ2) is 5.56. The van der Waals surface area contributed by atoms with Gasteiger partial charge in [-0.1, -0.05) is 5.16 Å². The largest absolute Gasteiger partial charge is 0.479 e. The summed E-state index contributed by atoms with van der Waals surface area (Å²) in [5.74, 6) is -0.757. The Balaban J connectivity index is 1.77. The maximum atomic E-state index is 13.8. The Hall–Kier alpha value is -1.99. The van der Waals surface area contributed by atoms with E-state index in [0.717, 1.165) is 0 Å². The summed E-state index contributed by atoms with van der Waals surface area (Å²) in [5, 5.41) is 12.4. The molecule has 1 N–H and O–H groups in total. The summed E-state index contributed by atoms with van der Waals surface area (Å²) in [4.78, 5) is 27.9. The van der Waals surface area contributed by atoms with Crippen LogP contribution >= 0.6 is 0 Å². The van der Waals surface area contributed by atoms with Crippen LogP contribution in [0.15, 0.2) is 4.52 Å². The van der Waals surface area contributed by atoms with Gasteiger partial charge in [-0.15, -0.1) is 0 Å². The summed E-state index contributed by atoms with van der Waals surface area (Å²) < 4.78 is 18.7. The van der Waals surface area contributed by atoms with Crippen LogP contribution in [-0.2, 0) is 16.0 Å². The SMILES string of the molecule is Cc1noc(CCCC(=O)N2CCC(F)(C(=O)O)C2)n1. The number of carboxylic acid groups (broad SMARTS) is 1. The number of likely N-dealkylation sites (tertiary alicyclic amines) is 1. The molecule has 8 heteroatoms. The third-order valence-electron chi connectivity index (χ3n) is 3.31. The van der Waals surface area contributed by atoms with Crippen LogP contribution in [0.25, 0.3) is 0 Å². The van der Waals surface area contributed by atoms with Crippen molar-refractivity contribution in [1.29, 1.82) is 0 Å². The zero-order valence-corrected chi connectivity index (χ0v) is 11.1. The standard InChI is InChI=1S/C12H16FN3O4/c1-8-14-9(20-15-8)3-2-4-10(17)16-6-5-12(13,7-16)11(18)19/h2-7H2,1H3,(H,18,19). The van der Waals surface area contributed by atoms with E-state index in [1.165, 1.54) is 4.90 Å². The fourth-order valence-corrected chi connectivity index (χ4v) is 2.15. The fraction of sp³-hybridized carbons (Fsp3) is 0.667. The van der Waals surface area contributed by atoms with Gasteiger partial charge in [0.1, 0.15) is 0 Å². The van der Waals surface area contributed by atoms with Gasteiger partial charge in [0.25, 0.3) is 0 Å². The minimum atomic E-state index is -2.31. The van der Waals surface area contributed by atoms with Crippen molar-refractivity contribution in [2.75, 3.05) is 13.1 Å². The van der Waals surface area contributed by atoms with Gasteiger partial charge in [-0.2, -0.15) is 4.98 Å². The lowest BCUT2D eigenvalue weighted by atomic mass is 10.1. The summed E-state index contributed by atoms with van der Waals surface area (Å²) in [6.45, 7) is 1.47. The molecule has 2 rings (SSSR count). The Kier molecular flexibility index (Phi) is 4.01. The van der Waals surface area contributed by atoms with Gasteiger partial charge in [-0.3, -0.25) is 4.79 Å². The Bertz CT molecular complexity index is 519. The van der Waals surface area contributed by atoms with E-state index in [1.54, 1.807) is 6.92 Å². The molecular formula is C12H16FN3O4. The highest BCUT2D eigenvalue weighted by Crippen LogP contribution is 2.26. The third kappa shape index (κ3) is 3.12. The Labute approximate surface area is 114 Å². The van der Waals surface area contributed by atoms with Crippen molar-refractivity contribution < 1.29 is 23.6 Å². The van der Waals surface area contributed by atoms with Crippen molar-refractivity contribution in [3.05, 3.63) is 11.7 Å². The highest BCUT2D eigenvalue weighted by molar-refractivity contribution is 5.82. The second-order valence-corrected chi connectivity index (χ2v) is 4.92. The normalized spacial score (nSPS) is 22.2. The van der Waals surface area contributed by atoms with E-state index in [-0.39, 0.29) is 31.8 Å². The van der Waals surface area contributed by atoms with Gasteiger partial charge in [-0.25, -0.2) is 9.18 Å². The lowest BCUT2D eigenvalue weighted by molar-refractivity contribution is -0.150. The molecule has 0 saturated carbocycles. The van der Waals surface area contributed by atoms with Gasteiger partial charge < -0.3 is 14.5 Å². The zero-order chi connectivity index (χ0) is 14.8. The van der Waals surface area contributed by atoms with Crippen molar-refractivity contribution in [3.8, 4) is 0 Å². The van der Waals surface area contributed by atoms with E-state index in [1.807, 2.05) is 0 Å². The summed E-state index contributed by atoms with van der Waals surface area (Å²) >= 11 is 0. The van der Waals surface area contributed by atoms with E-state index in [9.17, 15) is 14.0 Å². The molecule has 0 aliphatic carbocycles. The van der Waals surface area contributed by atoms with Gasteiger partial charge in [0.15, 0.2) is 5.82 Å². The van der Waals surface area contributed by atoms with E-state index in [2.05, 4.69) is 10.1 Å². The van der Waals surface area contributed by atoms with Crippen LogP contribution in [0.5, 0.6) is 0 Å². The first-order chi connectivity index (χ1) is 9.40. The number of alkyl halides is 1. The molecule has 110 valence electrons. The average molecular weight is 285 g/mol. The number of halogens is 1. The predicted octanol–water partition coefficient (Wildman–Crippen LogP) is 0.726. The van der Waals surface area contributed by atoms with Crippen molar-refractivity contribution in [2.24, 2.45) is 0 Å². The van der Waals surface area contributed by atoms with Crippen LogP contribution in [-0.4, -0.2) is 50.8 Å². The van der Waals surface area contributed by atoms with Gasteiger partial charge in [0.2, 0.25) is 17.5 Å². The van der Waals surface area contributed by atoms with Crippen LogP contribution in [0, 0.1) is 6.92 Å². The van der Waals surface area contributed by atoms with Crippen LogP contribution in [0.3, 0.4) is 0 Å². The van der Waals surface area contributed by atoms with Crippen LogP contribution in [0.2, 0.25) is 0 Å². The van der Waals surface area contributed by atoms with E-state index in [0.29, 0.717) is 24.6 Å². The molecule has 0 radical (unpaired) electrons. The monoisotopic (exact) mass is 285 g/mol. The summed E-state index contributed by atoms with van der Waals surface area (Å²) in [7, 11) is 0. The Morgan fingerprint density at radius 3 is 2.85 bits per heavy atom. The highest BCUT2D eigenvalue weighted by Gasteiger charge is 2.46. The molecule has 2 heterocycles. The number of carbonyl (C=O) groups is 2. The second-order valence-electron chi connectivity index (χ2n) is 4.92. The fourth-order valence-electron chi connectivity index (χ4n) is 2.15. The number of carboxylic acids is 1. The first-order valence-electron chi connectivity index (χ1n) is 6.40. The number of aromatic nitrogens is 2. The van der Waals surface area contributed by atoms with Gasteiger partial charge >= 0.3 is 5.97 Å².